The molecule has 1 aromatic rings. The summed E-state index contributed by atoms with van der Waals surface area (Å²) in [6.07, 6.45) is 3.34. The van der Waals surface area contributed by atoms with E-state index in [1.165, 1.54) is 11.1 Å². The molecule has 0 unspecified atom stereocenters. The number of carbonyl (C=O) groups excluding carboxylic acids is 1. The molecule has 1 amide bonds. The highest BCUT2D eigenvalue weighted by Crippen LogP contribution is 2.07. The number of amides is 1. The first-order valence-corrected chi connectivity index (χ1v) is 6.53. The Bertz CT molecular complexity index is 346. The maximum Gasteiger partial charge on any atom is 0.220 e. The minimum Gasteiger partial charge on any atom is -0.385 e. The van der Waals surface area contributed by atoms with Crippen LogP contribution in [0.4, 0.5) is 0 Å². The first-order valence-electron chi connectivity index (χ1n) is 6.53. The first kappa shape index (κ1) is 14.7. The summed E-state index contributed by atoms with van der Waals surface area (Å²) >= 11 is 0. The zero-order valence-electron chi connectivity index (χ0n) is 11.4. The lowest BCUT2D eigenvalue weighted by Gasteiger charge is -2.05. The molecule has 1 aromatic carbocycles. The van der Waals surface area contributed by atoms with Crippen LogP contribution in [0.3, 0.4) is 0 Å². The molecule has 1 rings (SSSR count). The number of benzene rings is 1. The number of ether oxygens (including phenoxy) is 1. The van der Waals surface area contributed by atoms with E-state index in [2.05, 4.69) is 36.5 Å². The summed E-state index contributed by atoms with van der Waals surface area (Å²) in [5.74, 6) is 0.137. The lowest BCUT2D eigenvalue weighted by atomic mass is 10.1. The largest absolute Gasteiger partial charge is 0.385 e. The van der Waals surface area contributed by atoms with Gasteiger partial charge in [-0.05, 0) is 31.7 Å². The van der Waals surface area contributed by atoms with Gasteiger partial charge in [-0.3, -0.25) is 4.79 Å². The molecule has 0 atom stereocenters. The molecule has 0 heterocycles. The highest BCUT2D eigenvalue weighted by Gasteiger charge is 2.01. The standard InChI is InChI=1S/C15H23NO2/c1-13-7-9-14(10-8-13)5-3-6-15(17)16-11-4-12-18-2/h7-10H,3-6,11-12H2,1-2H3,(H,16,17). The number of aryl methyl sites for hydroxylation is 2. The molecule has 3 heteroatoms. The molecule has 0 saturated heterocycles. The monoisotopic (exact) mass is 249 g/mol. The molecule has 0 saturated carbocycles. The molecular formula is C15H23NO2. The molecule has 3 nitrogen and oxygen atoms in total. The van der Waals surface area contributed by atoms with E-state index in [1.54, 1.807) is 7.11 Å². The summed E-state index contributed by atoms with van der Waals surface area (Å²) < 4.78 is 4.92. The minimum atomic E-state index is 0.137. The topological polar surface area (TPSA) is 38.3 Å². The van der Waals surface area contributed by atoms with E-state index in [-0.39, 0.29) is 5.91 Å². The van der Waals surface area contributed by atoms with Gasteiger partial charge >= 0.3 is 0 Å². The Morgan fingerprint density at radius 1 is 1.22 bits per heavy atom. The van der Waals surface area contributed by atoms with Crippen molar-refractivity contribution >= 4 is 5.91 Å². The van der Waals surface area contributed by atoms with Gasteiger partial charge in [-0.1, -0.05) is 29.8 Å². The number of hydrogen-bond donors (Lipinski definition) is 1. The average Bonchev–Trinajstić information content (AvgIpc) is 2.37. The van der Waals surface area contributed by atoms with E-state index in [9.17, 15) is 4.79 Å². The fourth-order valence-corrected chi connectivity index (χ4v) is 1.74. The van der Waals surface area contributed by atoms with E-state index < -0.39 is 0 Å². The number of nitrogens with one attached hydrogen (secondary N) is 1. The fraction of sp³-hybridized carbons (Fsp3) is 0.533. The molecule has 0 aromatic heterocycles. The van der Waals surface area contributed by atoms with E-state index in [0.29, 0.717) is 19.6 Å². The maximum atomic E-state index is 11.5. The predicted octanol–water partition coefficient (Wildman–Crippen LogP) is 2.47. The van der Waals surface area contributed by atoms with Crippen LogP contribution in [0.15, 0.2) is 24.3 Å². The van der Waals surface area contributed by atoms with Gasteiger partial charge in [0.05, 0.1) is 0 Å². The van der Waals surface area contributed by atoms with Crippen molar-refractivity contribution in [2.75, 3.05) is 20.3 Å². The molecule has 0 fully saturated rings. The third kappa shape index (κ3) is 6.40. The highest BCUT2D eigenvalue weighted by atomic mass is 16.5. The van der Waals surface area contributed by atoms with Gasteiger partial charge in [-0.2, -0.15) is 0 Å². The number of methoxy groups -OCH3 is 1. The van der Waals surface area contributed by atoms with Crippen LogP contribution in [0.5, 0.6) is 0 Å². The second-order valence-electron chi connectivity index (χ2n) is 4.54. The Hall–Kier alpha value is -1.35. The van der Waals surface area contributed by atoms with Crippen molar-refractivity contribution < 1.29 is 9.53 Å². The van der Waals surface area contributed by atoms with Gasteiger partial charge in [0.25, 0.3) is 0 Å². The third-order valence-corrected chi connectivity index (χ3v) is 2.84. The fourth-order valence-electron chi connectivity index (χ4n) is 1.74. The number of carbonyl (C=O) groups is 1. The maximum absolute atomic E-state index is 11.5. The molecule has 0 aliphatic heterocycles. The van der Waals surface area contributed by atoms with Crippen LogP contribution in [-0.2, 0) is 16.0 Å². The second kappa shape index (κ2) is 8.70. The van der Waals surface area contributed by atoms with E-state index in [1.807, 2.05) is 0 Å². The summed E-state index contributed by atoms with van der Waals surface area (Å²) in [6.45, 7) is 3.48. The van der Waals surface area contributed by atoms with Gasteiger partial charge < -0.3 is 10.1 Å². The molecule has 0 aliphatic carbocycles. The first-order chi connectivity index (χ1) is 8.72. The summed E-state index contributed by atoms with van der Waals surface area (Å²) in [4.78, 5) is 11.5. The number of rotatable bonds is 8. The van der Waals surface area contributed by atoms with Crippen molar-refractivity contribution in [1.29, 1.82) is 0 Å². The highest BCUT2D eigenvalue weighted by molar-refractivity contribution is 5.75. The second-order valence-corrected chi connectivity index (χ2v) is 4.54. The molecule has 0 aliphatic rings. The Balaban J connectivity index is 2.10. The third-order valence-electron chi connectivity index (χ3n) is 2.84. The van der Waals surface area contributed by atoms with Crippen molar-refractivity contribution in [1.82, 2.24) is 5.32 Å². The SMILES string of the molecule is COCCCNC(=O)CCCc1ccc(C)cc1. The summed E-state index contributed by atoms with van der Waals surface area (Å²) in [6, 6.07) is 8.48. The van der Waals surface area contributed by atoms with E-state index >= 15 is 0 Å². The molecular weight excluding hydrogens is 226 g/mol. The van der Waals surface area contributed by atoms with Crippen molar-refractivity contribution in [3.63, 3.8) is 0 Å². The average molecular weight is 249 g/mol. The summed E-state index contributed by atoms with van der Waals surface area (Å²) in [5, 5.41) is 2.89. The zero-order chi connectivity index (χ0) is 13.2. The van der Waals surface area contributed by atoms with Gasteiger partial charge in [0, 0.05) is 26.7 Å². The van der Waals surface area contributed by atoms with Crippen LogP contribution in [0.2, 0.25) is 0 Å². The molecule has 0 radical (unpaired) electrons. The normalized spacial score (nSPS) is 10.3. The van der Waals surface area contributed by atoms with Crippen molar-refractivity contribution in [3.8, 4) is 0 Å². The van der Waals surface area contributed by atoms with Gasteiger partial charge in [-0.15, -0.1) is 0 Å². The Labute approximate surface area is 110 Å². The van der Waals surface area contributed by atoms with Crippen LogP contribution in [0.25, 0.3) is 0 Å². The Kier molecular flexibility index (Phi) is 7.11. The summed E-state index contributed by atoms with van der Waals surface area (Å²) in [5.41, 5.74) is 2.57. The van der Waals surface area contributed by atoms with Gasteiger partial charge in [0.15, 0.2) is 0 Å². The Morgan fingerprint density at radius 2 is 1.94 bits per heavy atom. The lowest BCUT2D eigenvalue weighted by molar-refractivity contribution is -0.121. The molecule has 1 N–H and O–H groups in total. The van der Waals surface area contributed by atoms with Gasteiger partial charge in [0.1, 0.15) is 0 Å². The predicted molar refractivity (Wildman–Crippen MR) is 73.6 cm³/mol. The van der Waals surface area contributed by atoms with Crippen LogP contribution in [0.1, 0.15) is 30.4 Å². The van der Waals surface area contributed by atoms with Crippen LogP contribution in [0, 0.1) is 6.92 Å². The lowest BCUT2D eigenvalue weighted by Crippen LogP contribution is -2.24. The van der Waals surface area contributed by atoms with Gasteiger partial charge in [-0.25, -0.2) is 0 Å². The van der Waals surface area contributed by atoms with Crippen LogP contribution < -0.4 is 5.32 Å². The Morgan fingerprint density at radius 3 is 2.61 bits per heavy atom. The van der Waals surface area contributed by atoms with Crippen molar-refractivity contribution in [2.24, 2.45) is 0 Å². The number of hydrogen-bond acceptors (Lipinski definition) is 2. The zero-order valence-corrected chi connectivity index (χ0v) is 11.4. The van der Waals surface area contributed by atoms with Crippen LogP contribution in [-0.4, -0.2) is 26.2 Å². The van der Waals surface area contributed by atoms with Crippen molar-refractivity contribution in [3.05, 3.63) is 35.4 Å². The molecule has 18 heavy (non-hydrogen) atoms. The smallest absolute Gasteiger partial charge is 0.220 e. The van der Waals surface area contributed by atoms with E-state index in [0.717, 1.165) is 19.3 Å². The van der Waals surface area contributed by atoms with E-state index in [4.69, 9.17) is 4.74 Å². The molecule has 0 spiro atoms. The quantitative estimate of drug-likeness (QED) is 0.719. The molecule has 0 bridgehead atoms. The van der Waals surface area contributed by atoms with Crippen molar-refractivity contribution in [2.45, 2.75) is 32.6 Å². The van der Waals surface area contributed by atoms with Gasteiger partial charge in [0.2, 0.25) is 5.91 Å². The minimum absolute atomic E-state index is 0.137. The van der Waals surface area contributed by atoms with Crippen LogP contribution >= 0.6 is 0 Å². The molecule has 100 valence electrons. The summed E-state index contributed by atoms with van der Waals surface area (Å²) in [7, 11) is 1.67.